The van der Waals surface area contributed by atoms with Crippen LogP contribution in [-0.2, 0) is 9.53 Å². The number of thiophene rings is 1. The first-order valence-electron chi connectivity index (χ1n) is 7.99. The number of esters is 1. The second-order valence-corrected chi connectivity index (χ2v) is 6.67. The molecule has 0 aliphatic carbocycles. The lowest BCUT2D eigenvalue weighted by molar-refractivity contribution is -0.119. The van der Waals surface area contributed by atoms with Gasteiger partial charge in [0.25, 0.3) is 11.8 Å². The fraction of sp³-hybridized carbons (Fsp3) is 0.105. The molecule has 0 spiro atoms. The van der Waals surface area contributed by atoms with Gasteiger partial charge in [-0.25, -0.2) is 4.79 Å². The van der Waals surface area contributed by atoms with Crippen LogP contribution in [0.5, 0.6) is 0 Å². The average molecular weight is 384 g/mol. The van der Waals surface area contributed by atoms with E-state index in [1.807, 2.05) is 19.1 Å². The van der Waals surface area contributed by atoms with E-state index in [9.17, 15) is 14.4 Å². The number of furan rings is 1. The molecule has 0 unspecified atom stereocenters. The zero-order valence-electron chi connectivity index (χ0n) is 14.4. The number of nitrogens with one attached hydrogen (secondary N) is 2. The van der Waals surface area contributed by atoms with Crippen molar-refractivity contribution in [2.24, 2.45) is 0 Å². The molecule has 27 heavy (non-hydrogen) atoms. The van der Waals surface area contributed by atoms with Crippen molar-refractivity contribution < 1.29 is 23.5 Å². The lowest BCUT2D eigenvalue weighted by atomic mass is 10.2. The third-order valence-corrected chi connectivity index (χ3v) is 4.44. The van der Waals surface area contributed by atoms with E-state index in [4.69, 9.17) is 9.15 Å². The number of rotatable bonds is 6. The summed E-state index contributed by atoms with van der Waals surface area (Å²) in [5.41, 5.74) is 1.70. The molecule has 1 aromatic carbocycles. The van der Waals surface area contributed by atoms with Gasteiger partial charge < -0.3 is 19.8 Å². The lowest BCUT2D eigenvalue weighted by Gasteiger charge is -2.06. The van der Waals surface area contributed by atoms with Gasteiger partial charge in [0, 0.05) is 5.69 Å². The highest BCUT2D eigenvalue weighted by molar-refractivity contribution is 7.18. The van der Waals surface area contributed by atoms with Crippen LogP contribution in [0.25, 0.3) is 0 Å². The number of anilines is 2. The van der Waals surface area contributed by atoms with Crippen LogP contribution < -0.4 is 10.6 Å². The van der Waals surface area contributed by atoms with E-state index in [-0.39, 0.29) is 10.6 Å². The predicted molar refractivity (Wildman–Crippen MR) is 101 cm³/mol. The second-order valence-electron chi connectivity index (χ2n) is 5.59. The summed E-state index contributed by atoms with van der Waals surface area (Å²) >= 11 is 1.04. The molecule has 0 saturated carbocycles. The minimum absolute atomic E-state index is 0.167. The first-order valence-corrected chi connectivity index (χ1v) is 8.81. The Bertz CT molecular complexity index is 945. The van der Waals surface area contributed by atoms with Crippen molar-refractivity contribution in [1.29, 1.82) is 0 Å². The summed E-state index contributed by atoms with van der Waals surface area (Å²) in [6, 6.07) is 13.5. The predicted octanol–water partition coefficient (Wildman–Crippen LogP) is 3.70. The number of amides is 2. The highest BCUT2D eigenvalue weighted by Gasteiger charge is 2.15. The summed E-state index contributed by atoms with van der Waals surface area (Å²) in [4.78, 5) is 36.1. The fourth-order valence-corrected chi connectivity index (χ4v) is 2.93. The molecular weight excluding hydrogens is 368 g/mol. The fourth-order valence-electron chi connectivity index (χ4n) is 2.13. The van der Waals surface area contributed by atoms with E-state index in [1.165, 1.54) is 18.4 Å². The maximum absolute atomic E-state index is 12.1. The van der Waals surface area contributed by atoms with E-state index >= 15 is 0 Å². The van der Waals surface area contributed by atoms with Gasteiger partial charge in [-0.1, -0.05) is 17.7 Å². The zero-order valence-corrected chi connectivity index (χ0v) is 15.2. The molecule has 138 valence electrons. The Hall–Kier alpha value is -3.39. The van der Waals surface area contributed by atoms with Gasteiger partial charge in [-0.2, -0.15) is 0 Å². The van der Waals surface area contributed by atoms with Crippen LogP contribution in [0.1, 0.15) is 25.8 Å². The Morgan fingerprint density at radius 3 is 2.52 bits per heavy atom. The first-order chi connectivity index (χ1) is 13.0. The molecule has 3 aromatic rings. The van der Waals surface area contributed by atoms with Crippen LogP contribution in [0.3, 0.4) is 0 Å². The number of hydrogen-bond acceptors (Lipinski definition) is 6. The zero-order chi connectivity index (χ0) is 19.2. The molecule has 0 aliphatic heterocycles. The molecule has 0 radical (unpaired) electrons. The number of carbonyl (C=O) groups is 3. The van der Waals surface area contributed by atoms with Crippen LogP contribution in [0, 0.1) is 6.92 Å². The maximum atomic E-state index is 12.1. The van der Waals surface area contributed by atoms with E-state index < -0.39 is 24.4 Å². The third kappa shape index (κ3) is 5.05. The van der Waals surface area contributed by atoms with Gasteiger partial charge in [-0.15, -0.1) is 11.3 Å². The van der Waals surface area contributed by atoms with E-state index in [0.29, 0.717) is 10.7 Å². The number of aryl methyl sites for hydroxylation is 1. The van der Waals surface area contributed by atoms with Crippen molar-refractivity contribution in [3.63, 3.8) is 0 Å². The Labute approximate surface area is 159 Å². The lowest BCUT2D eigenvalue weighted by Crippen LogP contribution is -2.20. The monoisotopic (exact) mass is 384 g/mol. The highest BCUT2D eigenvalue weighted by atomic mass is 32.1. The molecule has 0 atom stereocenters. The Kier molecular flexibility index (Phi) is 5.68. The van der Waals surface area contributed by atoms with Gasteiger partial charge in [-0.05, 0) is 43.3 Å². The quantitative estimate of drug-likeness (QED) is 0.632. The SMILES string of the molecule is Cc1ccc(NC(=O)COC(=O)c2ccc(NC(=O)c3ccco3)s2)cc1. The molecule has 2 N–H and O–H groups in total. The van der Waals surface area contributed by atoms with Gasteiger partial charge in [0.15, 0.2) is 12.4 Å². The summed E-state index contributed by atoms with van der Waals surface area (Å²) in [6.07, 6.45) is 1.40. The maximum Gasteiger partial charge on any atom is 0.348 e. The minimum atomic E-state index is -0.641. The Morgan fingerprint density at radius 1 is 1.04 bits per heavy atom. The van der Waals surface area contributed by atoms with Crippen molar-refractivity contribution in [2.75, 3.05) is 17.2 Å². The molecule has 3 rings (SSSR count). The first kappa shape index (κ1) is 18.4. The molecule has 0 fully saturated rings. The molecule has 0 aliphatic rings. The third-order valence-electron chi connectivity index (χ3n) is 3.46. The molecule has 2 heterocycles. The van der Waals surface area contributed by atoms with Crippen molar-refractivity contribution in [3.05, 3.63) is 71.0 Å². The Morgan fingerprint density at radius 2 is 1.81 bits per heavy atom. The van der Waals surface area contributed by atoms with E-state index in [1.54, 1.807) is 24.3 Å². The van der Waals surface area contributed by atoms with Crippen LogP contribution in [0.2, 0.25) is 0 Å². The van der Waals surface area contributed by atoms with Gasteiger partial charge in [0.05, 0.1) is 11.3 Å². The van der Waals surface area contributed by atoms with Crippen molar-refractivity contribution in [1.82, 2.24) is 0 Å². The van der Waals surface area contributed by atoms with Crippen LogP contribution in [-0.4, -0.2) is 24.4 Å². The summed E-state index contributed by atoms with van der Waals surface area (Å²) < 4.78 is 10.0. The van der Waals surface area contributed by atoms with E-state index in [0.717, 1.165) is 16.9 Å². The topological polar surface area (TPSA) is 97.6 Å². The molecule has 0 bridgehead atoms. The largest absolute Gasteiger partial charge is 0.459 e. The average Bonchev–Trinajstić information content (AvgIpc) is 3.33. The molecular formula is C19H16N2O5S. The summed E-state index contributed by atoms with van der Waals surface area (Å²) in [5, 5.41) is 5.73. The summed E-state index contributed by atoms with van der Waals surface area (Å²) in [5.74, 6) is -1.33. The van der Waals surface area contributed by atoms with Crippen molar-refractivity contribution >= 4 is 39.8 Å². The van der Waals surface area contributed by atoms with Crippen molar-refractivity contribution in [2.45, 2.75) is 6.92 Å². The van der Waals surface area contributed by atoms with Gasteiger partial charge in [0.2, 0.25) is 0 Å². The molecule has 2 amide bonds. The number of carbonyl (C=O) groups excluding carboxylic acids is 3. The summed E-state index contributed by atoms with van der Waals surface area (Å²) in [6.45, 7) is 1.54. The van der Waals surface area contributed by atoms with Crippen LogP contribution in [0.4, 0.5) is 10.7 Å². The van der Waals surface area contributed by atoms with Crippen molar-refractivity contribution in [3.8, 4) is 0 Å². The number of hydrogen-bond donors (Lipinski definition) is 2. The van der Waals surface area contributed by atoms with E-state index in [2.05, 4.69) is 10.6 Å². The van der Waals surface area contributed by atoms with Gasteiger partial charge in [-0.3, -0.25) is 9.59 Å². The second kappa shape index (κ2) is 8.33. The van der Waals surface area contributed by atoms with Gasteiger partial charge in [0.1, 0.15) is 4.88 Å². The normalized spacial score (nSPS) is 10.3. The molecule has 0 saturated heterocycles. The minimum Gasteiger partial charge on any atom is -0.459 e. The standard InChI is InChI=1S/C19H16N2O5S/c1-12-4-6-13(7-5-12)20-16(22)11-26-19(24)15-8-9-17(27-15)21-18(23)14-3-2-10-25-14/h2-10H,11H2,1H3,(H,20,22)(H,21,23). The van der Waals surface area contributed by atoms with Crippen LogP contribution in [0.15, 0.2) is 59.2 Å². The van der Waals surface area contributed by atoms with Crippen LogP contribution >= 0.6 is 11.3 Å². The number of ether oxygens (including phenoxy) is 1. The molecule has 2 aromatic heterocycles. The summed E-state index contributed by atoms with van der Waals surface area (Å²) in [7, 11) is 0. The highest BCUT2D eigenvalue weighted by Crippen LogP contribution is 2.23. The van der Waals surface area contributed by atoms with Gasteiger partial charge >= 0.3 is 5.97 Å². The Balaban J connectivity index is 1.49. The molecule has 7 nitrogen and oxygen atoms in total. The number of benzene rings is 1. The molecule has 8 heteroatoms. The smallest absolute Gasteiger partial charge is 0.348 e.